The quantitative estimate of drug-likeness (QED) is 0.931. The summed E-state index contributed by atoms with van der Waals surface area (Å²) in [4.78, 5) is 19.0. The van der Waals surface area contributed by atoms with Crippen LogP contribution in [0.1, 0.15) is 18.5 Å². The summed E-state index contributed by atoms with van der Waals surface area (Å²) in [6, 6.07) is 9.64. The Morgan fingerprint density at radius 2 is 1.84 bits per heavy atom. The number of ether oxygens (including phenoxy) is 1. The fourth-order valence-electron chi connectivity index (χ4n) is 3.51. The number of hydrogen-bond donors (Lipinski definition) is 1. The third-order valence-corrected chi connectivity index (χ3v) is 4.86. The standard InChI is InChI=1S/C19H20FN3O2/c20-13-3-1-12(2-4-13)17-8-7-16(21)18(22-17)9-19(24)23-10-14-5-6-15(11-23)25-14/h1-4,7-8,14-15H,5-6,9-11,21H2. The van der Waals surface area contributed by atoms with Crippen molar-refractivity contribution in [3.05, 3.63) is 47.9 Å². The Kier molecular flexibility index (Phi) is 4.13. The van der Waals surface area contributed by atoms with Gasteiger partial charge in [0.1, 0.15) is 5.82 Å². The molecule has 6 heteroatoms. The van der Waals surface area contributed by atoms with Crippen molar-refractivity contribution in [2.75, 3.05) is 18.8 Å². The summed E-state index contributed by atoms with van der Waals surface area (Å²) in [5.41, 5.74) is 8.55. The number of anilines is 1. The minimum atomic E-state index is -0.295. The van der Waals surface area contributed by atoms with Gasteiger partial charge in [0, 0.05) is 18.7 Å². The molecule has 2 fully saturated rings. The number of pyridine rings is 1. The number of carbonyl (C=O) groups excluding carboxylic acids is 1. The number of likely N-dealkylation sites (tertiary alicyclic amines) is 1. The van der Waals surface area contributed by atoms with Crippen molar-refractivity contribution in [2.24, 2.45) is 0 Å². The number of nitrogens with two attached hydrogens (primary N) is 1. The lowest BCUT2D eigenvalue weighted by atomic mass is 10.1. The number of rotatable bonds is 3. The maximum atomic E-state index is 13.1. The predicted octanol–water partition coefficient (Wildman–Crippen LogP) is 2.40. The van der Waals surface area contributed by atoms with E-state index in [1.807, 2.05) is 4.90 Å². The first-order valence-corrected chi connectivity index (χ1v) is 8.53. The highest BCUT2D eigenvalue weighted by molar-refractivity contribution is 5.80. The van der Waals surface area contributed by atoms with Crippen molar-refractivity contribution in [1.29, 1.82) is 0 Å². The molecule has 0 aliphatic carbocycles. The van der Waals surface area contributed by atoms with E-state index in [4.69, 9.17) is 10.5 Å². The van der Waals surface area contributed by atoms with Crippen molar-refractivity contribution in [1.82, 2.24) is 9.88 Å². The highest BCUT2D eigenvalue weighted by atomic mass is 19.1. The SMILES string of the molecule is Nc1ccc(-c2ccc(F)cc2)nc1CC(=O)N1CC2CCC(C1)O2. The number of halogens is 1. The van der Waals surface area contributed by atoms with Gasteiger partial charge in [-0.05, 0) is 49.2 Å². The van der Waals surface area contributed by atoms with Crippen LogP contribution in [0.25, 0.3) is 11.3 Å². The minimum Gasteiger partial charge on any atom is -0.397 e. The zero-order valence-electron chi connectivity index (χ0n) is 13.8. The lowest BCUT2D eigenvalue weighted by Crippen LogP contribution is -2.46. The molecular formula is C19H20FN3O2. The second-order valence-electron chi connectivity index (χ2n) is 6.67. The summed E-state index contributed by atoms with van der Waals surface area (Å²) in [7, 11) is 0. The van der Waals surface area contributed by atoms with Gasteiger partial charge in [0.15, 0.2) is 0 Å². The molecule has 0 spiro atoms. The zero-order valence-corrected chi connectivity index (χ0v) is 13.8. The van der Waals surface area contributed by atoms with E-state index < -0.39 is 0 Å². The van der Waals surface area contributed by atoms with Crippen LogP contribution in [-0.4, -0.2) is 41.1 Å². The molecule has 2 aromatic rings. The van der Waals surface area contributed by atoms with Crippen LogP contribution >= 0.6 is 0 Å². The fraction of sp³-hybridized carbons (Fsp3) is 0.368. The average molecular weight is 341 g/mol. The molecule has 0 radical (unpaired) electrons. The van der Waals surface area contributed by atoms with Crippen LogP contribution in [0.4, 0.5) is 10.1 Å². The third kappa shape index (κ3) is 3.35. The molecule has 2 saturated heterocycles. The largest absolute Gasteiger partial charge is 0.397 e. The molecule has 2 aliphatic rings. The van der Waals surface area contributed by atoms with E-state index in [0.29, 0.717) is 30.2 Å². The Bertz CT molecular complexity index is 782. The van der Waals surface area contributed by atoms with Crippen molar-refractivity contribution in [2.45, 2.75) is 31.5 Å². The summed E-state index contributed by atoms with van der Waals surface area (Å²) >= 11 is 0. The molecule has 4 rings (SSSR count). The van der Waals surface area contributed by atoms with Gasteiger partial charge >= 0.3 is 0 Å². The number of fused-ring (bicyclic) bond motifs is 2. The topological polar surface area (TPSA) is 68.5 Å². The van der Waals surface area contributed by atoms with Gasteiger partial charge in [-0.15, -0.1) is 0 Å². The van der Waals surface area contributed by atoms with E-state index in [0.717, 1.165) is 18.4 Å². The monoisotopic (exact) mass is 341 g/mol. The molecule has 3 heterocycles. The van der Waals surface area contributed by atoms with Gasteiger partial charge in [-0.3, -0.25) is 9.78 Å². The van der Waals surface area contributed by atoms with Crippen LogP contribution in [0, 0.1) is 5.82 Å². The van der Waals surface area contributed by atoms with Crippen molar-refractivity contribution in [3.8, 4) is 11.3 Å². The lowest BCUT2D eigenvalue weighted by Gasteiger charge is -2.32. The van der Waals surface area contributed by atoms with Crippen LogP contribution in [0.2, 0.25) is 0 Å². The van der Waals surface area contributed by atoms with Gasteiger partial charge in [-0.2, -0.15) is 0 Å². The third-order valence-electron chi connectivity index (χ3n) is 4.86. The highest BCUT2D eigenvalue weighted by Crippen LogP contribution is 2.27. The number of amides is 1. The number of nitrogen functional groups attached to an aromatic ring is 1. The molecule has 0 saturated carbocycles. The predicted molar refractivity (Wildman–Crippen MR) is 92.2 cm³/mol. The van der Waals surface area contributed by atoms with Gasteiger partial charge in [0.25, 0.3) is 0 Å². The van der Waals surface area contributed by atoms with E-state index >= 15 is 0 Å². The molecule has 1 aromatic heterocycles. The molecule has 2 unspecified atom stereocenters. The molecule has 2 atom stereocenters. The Balaban J connectivity index is 1.52. The second-order valence-corrected chi connectivity index (χ2v) is 6.67. The molecule has 5 nitrogen and oxygen atoms in total. The van der Waals surface area contributed by atoms with Gasteiger partial charge < -0.3 is 15.4 Å². The molecule has 2 N–H and O–H groups in total. The fourth-order valence-corrected chi connectivity index (χ4v) is 3.51. The number of nitrogens with zero attached hydrogens (tertiary/aromatic N) is 2. The average Bonchev–Trinajstić information content (AvgIpc) is 2.95. The molecule has 130 valence electrons. The number of carbonyl (C=O) groups is 1. The second kappa shape index (κ2) is 6.44. The first-order valence-electron chi connectivity index (χ1n) is 8.53. The van der Waals surface area contributed by atoms with Crippen LogP contribution in [-0.2, 0) is 16.0 Å². The van der Waals surface area contributed by atoms with Crippen molar-refractivity contribution < 1.29 is 13.9 Å². The molecule has 1 amide bonds. The van der Waals surface area contributed by atoms with Gasteiger partial charge in [0.05, 0.1) is 35.7 Å². The zero-order chi connectivity index (χ0) is 17.4. The normalized spacial score (nSPS) is 22.2. The van der Waals surface area contributed by atoms with E-state index in [1.165, 1.54) is 12.1 Å². The Morgan fingerprint density at radius 1 is 1.16 bits per heavy atom. The first kappa shape index (κ1) is 16.0. The van der Waals surface area contributed by atoms with E-state index in [-0.39, 0.29) is 30.4 Å². The Morgan fingerprint density at radius 3 is 2.52 bits per heavy atom. The van der Waals surface area contributed by atoms with Crippen LogP contribution < -0.4 is 5.73 Å². The Labute approximate surface area is 145 Å². The van der Waals surface area contributed by atoms with E-state index in [1.54, 1.807) is 24.3 Å². The maximum Gasteiger partial charge on any atom is 0.228 e. The summed E-state index contributed by atoms with van der Waals surface area (Å²) in [5, 5.41) is 0. The van der Waals surface area contributed by atoms with Crippen LogP contribution in [0.15, 0.2) is 36.4 Å². The molecule has 25 heavy (non-hydrogen) atoms. The van der Waals surface area contributed by atoms with Crippen LogP contribution in [0.3, 0.4) is 0 Å². The first-order chi connectivity index (χ1) is 12.1. The number of aromatic nitrogens is 1. The maximum absolute atomic E-state index is 13.1. The summed E-state index contributed by atoms with van der Waals surface area (Å²) in [5.74, 6) is -0.271. The molecule has 1 aromatic carbocycles. The smallest absolute Gasteiger partial charge is 0.228 e. The Hall–Kier alpha value is -2.47. The van der Waals surface area contributed by atoms with Crippen molar-refractivity contribution >= 4 is 11.6 Å². The molecule has 2 bridgehead atoms. The van der Waals surface area contributed by atoms with E-state index in [9.17, 15) is 9.18 Å². The molecular weight excluding hydrogens is 321 g/mol. The summed E-state index contributed by atoms with van der Waals surface area (Å²) in [6.07, 6.45) is 2.54. The van der Waals surface area contributed by atoms with Crippen molar-refractivity contribution in [3.63, 3.8) is 0 Å². The minimum absolute atomic E-state index is 0.0238. The van der Waals surface area contributed by atoms with Gasteiger partial charge in [-0.1, -0.05) is 0 Å². The summed E-state index contributed by atoms with van der Waals surface area (Å²) in [6.45, 7) is 1.29. The number of hydrogen-bond acceptors (Lipinski definition) is 4. The van der Waals surface area contributed by atoms with Gasteiger partial charge in [0.2, 0.25) is 5.91 Å². The van der Waals surface area contributed by atoms with Crippen LogP contribution in [0.5, 0.6) is 0 Å². The lowest BCUT2D eigenvalue weighted by molar-refractivity contribution is -0.139. The van der Waals surface area contributed by atoms with E-state index in [2.05, 4.69) is 4.98 Å². The number of morpholine rings is 1. The van der Waals surface area contributed by atoms with Gasteiger partial charge in [-0.25, -0.2) is 4.39 Å². The molecule has 2 aliphatic heterocycles. The summed E-state index contributed by atoms with van der Waals surface area (Å²) < 4.78 is 18.9. The highest BCUT2D eigenvalue weighted by Gasteiger charge is 2.35. The number of benzene rings is 1.